The van der Waals surface area contributed by atoms with E-state index < -0.39 is 0 Å². The summed E-state index contributed by atoms with van der Waals surface area (Å²) in [5.74, 6) is -1.19. The fourth-order valence-corrected chi connectivity index (χ4v) is 3.82. The molecular weight excluding hydrogens is 371 g/mol. The van der Waals surface area contributed by atoms with Gasteiger partial charge in [-0.2, -0.15) is 0 Å². The molecule has 0 aromatic heterocycles. The SMILES string of the molecule is O=C(OCc1ccccc1)[C@H]1CC(I)[C@H]2C[C@H]1C(=O)O2. The van der Waals surface area contributed by atoms with Crippen molar-refractivity contribution in [1.82, 2.24) is 0 Å². The molecule has 1 aromatic carbocycles. The molecule has 0 spiro atoms. The van der Waals surface area contributed by atoms with Crippen molar-refractivity contribution < 1.29 is 19.1 Å². The molecule has 1 unspecified atom stereocenters. The summed E-state index contributed by atoms with van der Waals surface area (Å²) in [7, 11) is 0. The first kappa shape index (κ1) is 13.9. The van der Waals surface area contributed by atoms with Gasteiger partial charge in [0.2, 0.25) is 0 Å². The van der Waals surface area contributed by atoms with Crippen molar-refractivity contribution in [1.29, 1.82) is 0 Å². The standard InChI is InChI=1S/C15H15IO4/c16-12-6-10(11-7-13(12)20-15(11)18)14(17)19-8-9-4-2-1-3-5-9/h1-5,10-13H,6-8H2/t10-,11+,12?,13+/m0/s1. The van der Waals surface area contributed by atoms with Crippen molar-refractivity contribution in [3.8, 4) is 0 Å². The van der Waals surface area contributed by atoms with E-state index in [4.69, 9.17) is 9.47 Å². The molecule has 20 heavy (non-hydrogen) atoms. The highest BCUT2D eigenvalue weighted by Crippen LogP contribution is 2.42. The third-order valence-electron chi connectivity index (χ3n) is 3.95. The van der Waals surface area contributed by atoms with Gasteiger partial charge in [-0.3, -0.25) is 9.59 Å². The van der Waals surface area contributed by atoms with Crippen molar-refractivity contribution in [3.05, 3.63) is 35.9 Å². The van der Waals surface area contributed by atoms with E-state index in [1.165, 1.54) is 0 Å². The van der Waals surface area contributed by atoms with Gasteiger partial charge in [0.25, 0.3) is 0 Å². The topological polar surface area (TPSA) is 52.6 Å². The van der Waals surface area contributed by atoms with Crippen molar-refractivity contribution in [3.63, 3.8) is 0 Å². The second-order valence-electron chi connectivity index (χ2n) is 5.27. The molecule has 0 amide bonds. The molecule has 3 rings (SSSR count). The van der Waals surface area contributed by atoms with E-state index in [-0.39, 0.29) is 40.4 Å². The van der Waals surface area contributed by atoms with Gasteiger partial charge < -0.3 is 9.47 Å². The summed E-state index contributed by atoms with van der Waals surface area (Å²) in [6.07, 6.45) is 1.29. The second kappa shape index (κ2) is 5.71. The van der Waals surface area contributed by atoms with E-state index in [9.17, 15) is 9.59 Å². The monoisotopic (exact) mass is 386 g/mol. The first-order valence-corrected chi connectivity index (χ1v) is 7.95. The second-order valence-corrected chi connectivity index (χ2v) is 6.87. The van der Waals surface area contributed by atoms with Crippen LogP contribution >= 0.6 is 22.6 Å². The third kappa shape index (κ3) is 2.68. The molecule has 2 aliphatic rings. The van der Waals surface area contributed by atoms with Gasteiger partial charge in [-0.1, -0.05) is 52.9 Å². The molecule has 1 saturated heterocycles. The van der Waals surface area contributed by atoms with E-state index in [0.717, 1.165) is 5.56 Å². The lowest BCUT2D eigenvalue weighted by molar-refractivity contribution is -0.156. The Morgan fingerprint density at radius 3 is 2.80 bits per heavy atom. The Hall–Kier alpha value is -1.11. The van der Waals surface area contributed by atoms with Gasteiger partial charge in [0.05, 0.1) is 11.8 Å². The van der Waals surface area contributed by atoms with Crippen molar-refractivity contribution >= 4 is 34.5 Å². The number of esters is 2. The molecule has 1 saturated carbocycles. The number of benzene rings is 1. The van der Waals surface area contributed by atoms with Gasteiger partial charge in [0.1, 0.15) is 12.7 Å². The van der Waals surface area contributed by atoms with Crippen LogP contribution in [0.4, 0.5) is 0 Å². The number of hydrogen-bond donors (Lipinski definition) is 0. The van der Waals surface area contributed by atoms with E-state index >= 15 is 0 Å². The first-order valence-electron chi connectivity index (χ1n) is 6.70. The minimum atomic E-state index is -0.355. The van der Waals surface area contributed by atoms with Gasteiger partial charge in [0.15, 0.2) is 0 Å². The van der Waals surface area contributed by atoms with E-state index in [2.05, 4.69) is 22.6 Å². The molecule has 0 N–H and O–H groups in total. The third-order valence-corrected chi connectivity index (χ3v) is 5.26. The maximum atomic E-state index is 12.2. The zero-order valence-corrected chi connectivity index (χ0v) is 13.0. The molecule has 2 fully saturated rings. The Kier molecular flexibility index (Phi) is 3.96. The molecule has 1 aromatic rings. The average Bonchev–Trinajstić information content (AvgIpc) is 2.80. The molecular formula is C15H15IO4. The van der Waals surface area contributed by atoms with Crippen LogP contribution in [0.15, 0.2) is 30.3 Å². The maximum absolute atomic E-state index is 12.2. The molecule has 1 aliphatic heterocycles. The predicted octanol–water partition coefficient (Wildman–Crippen LogP) is 2.49. The summed E-state index contributed by atoms with van der Waals surface area (Å²) in [5.41, 5.74) is 0.953. The largest absolute Gasteiger partial charge is 0.461 e. The summed E-state index contributed by atoms with van der Waals surface area (Å²) in [6.45, 7) is 0.257. The highest BCUT2D eigenvalue weighted by atomic mass is 127. The van der Waals surface area contributed by atoms with Gasteiger partial charge >= 0.3 is 11.9 Å². The summed E-state index contributed by atoms with van der Waals surface area (Å²) in [4.78, 5) is 24.0. The molecule has 1 heterocycles. The normalized spacial score (nSPS) is 31.8. The van der Waals surface area contributed by atoms with Crippen molar-refractivity contribution in [2.24, 2.45) is 11.8 Å². The number of carbonyl (C=O) groups is 2. The zero-order chi connectivity index (χ0) is 14.1. The van der Waals surface area contributed by atoms with Crippen LogP contribution in [0.5, 0.6) is 0 Å². The Balaban J connectivity index is 1.63. The molecule has 106 valence electrons. The highest BCUT2D eigenvalue weighted by molar-refractivity contribution is 14.1. The van der Waals surface area contributed by atoms with Crippen LogP contribution in [0.1, 0.15) is 18.4 Å². The van der Waals surface area contributed by atoms with Crippen LogP contribution in [-0.2, 0) is 25.7 Å². The van der Waals surface area contributed by atoms with Crippen LogP contribution in [-0.4, -0.2) is 22.0 Å². The average molecular weight is 386 g/mol. The molecule has 4 atom stereocenters. The highest BCUT2D eigenvalue weighted by Gasteiger charge is 2.51. The number of ether oxygens (including phenoxy) is 2. The lowest BCUT2D eigenvalue weighted by Crippen LogP contribution is -2.35. The summed E-state index contributed by atoms with van der Waals surface area (Å²) < 4.78 is 10.8. The van der Waals surface area contributed by atoms with Crippen LogP contribution in [0.25, 0.3) is 0 Å². The van der Waals surface area contributed by atoms with Gasteiger partial charge in [-0.25, -0.2) is 0 Å². The van der Waals surface area contributed by atoms with Crippen molar-refractivity contribution in [2.45, 2.75) is 29.5 Å². The van der Waals surface area contributed by atoms with Gasteiger partial charge in [-0.05, 0) is 18.4 Å². The Labute approximate surface area is 131 Å². The van der Waals surface area contributed by atoms with Crippen molar-refractivity contribution in [2.75, 3.05) is 0 Å². The molecule has 4 nitrogen and oxygen atoms in total. The van der Waals surface area contributed by atoms with Crippen LogP contribution < -0.4 is 0 Å². The van der Waals surface area contributed by atoms with E-state index in [0.29, 0.717) is 12.8 Å². The summed E-state index contributed by atoms with van der Waals surface area (Å²) in [6, 6.07) is 9.55. The number of hydrogen-bond acceptors (Lipinski definition) is 4. The summed E-state index contributed by atoms with van der Waals surface area (Å²) >= 11 is 2.26. The number of halogens is 1. The van der Waals surface area contributed by atoms with E-state index in [1.54, 1.807) is 0 Å². The lowest BCUT2D eigenvalue weighted by Gasteiger charge is -2.27. The first-order chi connectivity index (χ1) is 9.65. The quantitative estimate of drug-likeness (QED) is 0.455. The van der Waals surface area contributed by atoms with Crippen LogP contribution in [0.3, 0.4) is 0 Å². The Bertz CT molecular complexity index is 516. The zero-order valence-electron chi connectivity index (χ0n) is 10.8. The lowest BCUT2D eigenvalue weighted by atomic mass is 9.80. The minimum Gasteiger partial charge on any atom is -0.461 e. The Morgan fingerprint density at radius 2 is 2.05 bits per heavy atom. The van der Waals surface area contributed by atoms with Crippen LogP contribution in [0.2, 0.25) is 0 Å². The maximum Gasteiger partial charge on any atom is 0.310 e. The number of rotatable bonds is 3. The van der Waals surface area contributed by atoms with E-state index in [1.807, 2.05) is 30.3 Å². The minimum absolute atomic E-state index is 0.0220. The van der Waals surface area contributed by atoms with Gasteiger partial charge in [-0.15, -0.1) is 0 Å². The molecule has 5 heteroatoms. The number of fused-ring (bicyclic) bond motifs is 2. The fraction of sp³-hybridized carbons (Fsp3) is 0.467. The Morgan fingerprint density at radius 1 is 1.30 bits per heavy atom. The summed E-state index contributed by atoms with van der Waals surface area (Å²) in [5, 5.41) is 0. The number of carbonyl (C=O) groups excluding carboxylic acids is 2. The predicted molar refractivity (Wildman–Crippen MR) is 80.1 cm³/mol. The molecule has 0 radical (unpaired) electrons. The smallest absolute Gasteiger partial charge is 0.310 e. The van der Waals surface area contributed by atoms with Crippen LogP contribution in [0, 0.1) is 11.8 Å². The fourth-order valence-electron chi connectivity index (χ4n) is 2.84. The van der Waals surface area contributed by atoms with Gasteiger partial charge in [0, 0.05) is 3.92 Å². The molecule has 2 bridgehead atoms. The number of alkyl halides is 1. The molecule has 1 aliphatic carbocycles.